The van der Waals surface area contributed by atoms with E-state index in [1.54, 1.807) is 0 Å². The van der Waals surface area contributed by atoms with E-state index in [9.17, 15) is 15.3 Å². The smallest absolute Gasteiger partial charge is 0.125 e. The minimum Gasteiger partial charge on any atom is -0.491 e. The highest BCUT2D eigenvalue weighted by Gasteiger charge is 2.32. The quantitative estimate of drug-likeness (QED) is 0.0513. The third-order valence-electron chi connectivity index (χ3n) is 13.0. The SMILES string of the molecule is C.C.Cc1cc(C(C)(C)CC(C)(C)C)cc(CCc2cc(C(C)(C)CC(C)(C)C)cc(CCc3cc(C(C)(C)CC(C)(C)C)ccc3OCCOCCCO)c2OCCOCCCO)c1OCCOCCCO. The van der Waals surface area contributed by atoms with Gasteiger partial charge in [-0.3, -0.25) is 0 Å². The summed E-state index contributed by atoms with van der Waals surface area (Å²) in [7, 11) is 0. The molecule has 0 fully saturated rings. The zero-order valence-electron chi connectivity index (χ0n) is 47.9. The topological polar surface area (TPSA) is 116 Å². The van der Waals surface area contributed by atoms with Crippen LogP contribution in [0.4, 0.5) is 0 Å². The summed E-state index contributed by atoms with van der Waals surface area (Å²) in [6, 6.07) is 16.3. The molecule has 420 valence electrons. The van der Waals surface area contributed by atoms with Crippen LogP contribution in [0.15, 0.2) is 42.5 Å². The van der Waals surface area contributed by atoms with Gasteiger partial charge in [0.05, 0.1) is 19.8 Å². The van der Waals surface area contributed by atoms with Gasteiger partial charge in [0, 0.05) is 39.6 Å². The molecule has 0 unspecified atom stereocenters. The first-order valence-corrected chi connectivity index (χ1v) is 27.0. The van der Waals surface area contributed by atoms with Crippen LogP contribution in [-0.2, 0) is 56.1 Å². The predicted octanol–water partition coefficient (Wildman–Crippen LogP) is 14.3. The van der Waals surface area contributed by atoms with Crippen LogP contribution < -0.4 is 14.2 Å². The van der Waals surface area contributed by atoms with Crippen molar-refractivity contribution in [3.05, 3.63) is 87.0 Å². The van der Waals surface area contributed by atoms with Gasteiger partial charge >= 0.3 is 0 Å². The van der Waals surface area contributed by atoms with Gasteiger partial charge in [-0.05, 0) is 154 Å². The van der Waals surface area contributed by atoms with Crippen LogP contribution in [0.3, 0.4) is 0 Å². The third kappa shape index (κ3) is 24.6. The van der Waals surface area contributed by atoms with Gasteiger partial charge in [-0.25, -0.2) is 0 Å². The van der Waals surface area contributed by atoms with Gasteiger partial charge in [0.1, 0.15) is 37.1 Å². The van der Waals surface area contributed by atoms with Gasteiger partial charge in [-0.1, -0.05) is 155 Å². The monoisotopic (exact) mass is 1020 g/mol. The Kier molecular flexibility index (Phi) is 28.9. The Morgan fingerprint density at radius 3 is 1.10 bits per heavy atom. The number of hydrogen-bond donors (Lipinski definition) is 3. The van der Waals surface area contributed by atoms with E-state index in [2.05, 4.69) is 153 Å². The molecular formula is C64H110O9. The molecule has 0 aliphatic rings. The number of benzene rings is 3. The van der Waals surface area contributed by atoms with E-state index < -0.39 is 0 Å². The second-order valence-corrected chi connectivity index (χ2v) is 25.7. The minimum atomic E-state index is -0.132. The van der Waals surface area contributed by atoms with Gasteiger partial charge in [0.15, 0.2) is 0 Å². The number of aliphatic hydroxyl groups is 3. The van der Waals surface area contributed by atoms with Crippen LogP contribution in [0.2, 0.25) is 0 Å². The zero-order valence-corrected chi connectivity index (χ0v) is 47.9. The van der Waals surface area contributed by atoms with Gasteiger partial charge < -0.3 is 43.7 Å². The zero-order chi connectivity index (χ0) is 53.1. The lowest BCUT2D eigenvalue weighted by atomic mass is 9.71. The van der Waals surface area contributed by atoms with E-state index in [0.29, 0.717) is 78.7 Å². The maximum atomic E-state index is 9.45. The lowest BCUT2D eigenvalue weighted by molar-refractivity contribution is 0.0875. The normalized spacial score (nSPS) is 12.6. The minimum absolute atomic E-state index is 0. The van der Waals surface area contributed by atoms with Gasteiger partial charge in [0.25, 0.3) is 0 Å². The summed E-state index contributed by atoms with van der Waals surface area (Å²) in [6.45, 7) is 41.6. The van der Waals surface area contributed by atoms with Crippen molar-refractivity contribution in [2.75, 3.05) is 79.3 Å². The molecule has 0 amide bonds. The summed E-state index contributed by atoms with van der Waals surface area (Å²) in [6.07, 6.45) is 7.83. The van der Waals surface area contributed by atoms with Crippen molar-refractivity contribution in [2.45, 2.75) is 206 Å². The highest BCUT2D eigenvalue weighted by molar-refractivity contribution is 5.51. The Labute approximate surface area is 447 Å². The molecule has 0 atom stereocenters. The summed E-state index contributed by atoms with van der Waals surface area (Å²) in [5.74, 6) is 2.69. The highest BCUT2D eigenvalue weighted by atomic mass is 16.5. The molecule has 0 aliphatic heterocycles. The lowest BCUT2D eigenvalue weighted by Crippen LogP contribution is -2.26. The number of aliphatic hydroxyl groups excluding tert-OH is 3. The predicted molar refractivity (Wildman–Crippen MR) is 308 cm³/mol. The van der Waals surface area contributed by atoms with Crippen LogP contribution in [-0.4, -0.2) is 94.6 Å². The molecule has 3 aromatic carbocycles. The average molecular weight is 1020 g/mol. The lowest BCUT2D eigenvalue weighted by Gasteiger charge is -2.34. The van der Waals surface area contributed by atoms with E-state index >= 15 is 0 Å². The molecule has 9 heteroatoms. The average Bonchev–Trinajstić information content (AvgIpc) is 3.24. The number of hydrogen-bond acceptors (Lipinski definition) is 9. The summed E-state index contributed by atoms with van der Waals surface area (Å²) in [5.41, 5.74) is 9.85. The molecule has 0 aromatic heterocycles. The maximum absolute atomic E-state index is 9.45. The van der Waals surface area contributed by atoms with Gasteiger partial charge in [-0.15, -0.1) is 0 Å². The summed E-state index contributed by atoms with van der Waals surface area (Å²) < 4.78 is 37.6. The third-order valence-corrected chi connectivity index (χ3v) is 13.0. The molecule has 0 radical (unpaired) electrons. The van der Waals surface area contributed by atoms with E-state index in [-0.39, 0.29) is 67.2 Å². The second kappa shape index (κ2) is 31.1. The van der Waals surface area contributed by atoms with Gasteiger partial charge in [-0.2, -0.15) is 0 Å². The van der Waals surface area contributed by atoms with Crippen LogP contribution in [0.1, 0.15) is 202 Å². The van der Waals surface area contributed by atoms with E-state index in [1.165, 1.54) is 33.4 Å². The maximum Gasteiger partial charge on any atom is 0.125 e. The molecule has 0 saturated heterocycles. The van der Waals surface area contributed by atoms with Crippen molar-refractivity contribution in [1.29, 1.82) is 0 Å². The first-order chi connectivity index (χ1) is 33.1. The molecule has 0 aliphatic carbocycles. The van der Waals surface area contributed by atoms with Crippen molar-refractivity contribution in [1.82, 2.24) is 0 Å². The fourth-order valence-corrected chi connectivity index (χ4v) is 10.9. The summed E-state index contributed by atoms with van der Waals surface area (Å²) in [5, 5.41) is 28.0. The van der Waals surface area contributed by atoms with Crippen molar-refractivity contribution >= 4 is 0 Å². The molecule has 3 N–H and O–H groups in total. The van der Waals surface area contributed by atoms with Crippen molar-refractivity contribution in [2.24, 2.45) is 16.2 Å². The van der Waals surface area contributed by atoms with Gasteiger partial charge in [0.2, 0.25) is 0 Å². The highest BCUT2D eigenvalue weighted by Crippen LogP contribution is 2.43. The molecule has 0 saturated carbocycles. The summed E-state index contributed by atoms with van der Waals surface area (Å²) in [4.78, 5) is 0. The first-order valence-electron chi connectivity index (χ1n) is 27.0. The summed E-state index contributed by atoms with van der Waals surface area (Å²) >= 11 is 0. The number of rotatable bonds is 33. The Hall–Kier alpha value is -3.18. The molecule has 9 nitrogen and oxygen atoms in total. The largest absolute Gasteiger partial charge is 0.491 e. The van der Waals surface area contributed by atoms with Crippen LogP contribution in [0, 0.1) is 23.2 Å². The number of ether oxygens (including phenoxy) is 6. The van der Waals surface area contributed by atoms with E-state index in [1.807, 2.05) is 0 Å². The molecule has 73 heavy (non-hydrogen) atoms. The Morgan fingerprint density at radius 1 is 0.370 bits per heavy atom. The van der Waals surface area contributed by atoms with E-state index in [0.717, 1.165) is 73.3 Å². The molecule has 0 spiro atoms. The number of aryl methyl sites for hydroxylation is 5. The van der Waals surface area contributed by atoms with Crippen molar-refractivity contribution < 1.29 is 43.7 Å². The molecule has 0 heterocycles. The molecular weight excluding hydrogens is 913 g/mol. The second-order valence-electron chi connectivity index (χ2n) is 25.7. The van der Waals surface area contributed by atoms with Crippen LogP contribution in [0.25, 0.3) is 0 Å². The Balaban J connectivity index is 0.0000133. The van der Waals surface area contributed by atoms with Crippen molar-refractivity contribution in [3.8, 4) is 17.2 Å². The van der Waals surface area contributed by atoms with Crippen LogP contribution in [0.5, 0.6) is 17.2 Å². The molecule has 0 bridgehead atoms. The molecule has 3 rings (SSSR count). The van der Waals surface area contributed by atoms with E-state index in [4.69, 9.17) is 28.4 Å². The Morgan fingerprint density at radius 2 is 0.699 bits per heavy atom. The van der Waals surface area contributed by atoms with Crippen molar-refractivity contribution in [3.63, 3.8) is 0 Å². The molecule has 3 aromatic rings. The fraction of sp³-hybridized carbons (Fsp3) is 0.719. The standard InChI is InChI=1S/C62H102O9.2CH4/c1-46-38-52(61(13,14)44-58(5,6)7)40-48(55(46)70-36-33-67-30-18-27-64)22-23-50-42-53(62(15,16)45-59(8,9)10)41-49(56(50)71-37-34-68-31-19-28-65)21-20-47-39-51(60(11,12)43-57(2,3)4)24-25-54(47)69-35-32-66-29-17-26-63;;/h24-25,38-42,63-65H,17-23,26-37,43-45H2,1-16H3;2*1H4. The van der Waals surface area contributed by atoms with Crippen LogP contribution >= 0.6 is 0 Å². The Bertz CT molecular complexity index is 2010. The fourth-order valence-electron chi connectivity index (χ4n) is 10.9. The first kappa shape index (κ1) is 67.8.